The molecule has 1 aromatic heterocycles. The molecule has 0 spiro atoms. The number of nitro benzene ring substituents is 1. The number of halogens is 3. The lowest BCUT2D eigenvalue weighted by atomic mass is 10.1. The lowest BCUT2D eigenvalue weighted by Crippen LogP contribution is -2.14. The molecular weight excluding hydrogens is 393 g/mol. The van der Waals surface area contributed by atoms with Crippen LogP contribution in [0.15, 0.2) is 54.7 Å². The van der Waals surface area contributed by atoms with Gasteiger partial charge < -0.3 is 10.1 Å². The van der Waals surface area contributed by atoms with Gasteiger partial charge in [0, 0.05) is 17.3 Å². The summed E-state index contributed by atoms with van der Waals surface area (Å²) in [5.41, 5.74) is -0.833. The second-order valence-corrected chi connectivity index (χ2v) is 5.77. The number of ether oxygens (including phenoxy) is 1. The summed E-state index contributed by atoms with van der Waals surface area (Å²) in [5.74, 6) is -0.617. The van der Waals surface area contributed by atoms with Crippen LogP contribution in [0.1, 0.15) is 16.1 Å². The topological polar surface area (TPSA) is 99.3 Å². The highest BCUT2D eigenvalue weighted by Gasteiger charge is 2.35. The third-order valence-electron chi connectivity index (χ3n) is 3.94. The van der Waals surface area contributed by atoms with Gasteiger partial charge in [-0.25, -0.2) is 4.68 Å². The quantitative estimate of drug-likeness (QED) is 0.509. The highest BCUT2D eigenvalue weighted by molar-refractivity contribution is 6.04. The SMILES string of the molecule is COc1ccc(C(=O)Nc2ccc(-n3nccc3C(F)(F)F)cc2)cc1[N+](=O)[O-]. The van der Waals surface area contributed by atoms with E-state index in [1.54, 1.807) is 0 Å². The summed E-state index contributed by atoms with van der Waals surface area (Å²) in [5, 5.41) is 17.3. The van der Waals surface area contributed by atoms with E-state index in [2.05, 4.69) is 10.4 Å². The Labute approximate surface area is 161 Å². The van der Waals surface area contributed by atoms with Crippen LogP contribution in [-0.4, -0.2) is 27.7 Å². The van der Waals surface area contributed by atoms with Gasteiger partial charge in [0.1, 0.15) is 5.69 Å². The number of benzene rings is 2. The predicted octanol–water partition coefficient (Wildman–Crippen LogP) is 4.06. The molecule has 0 atom stereocenters. The number of nitrogens with one attached hydrogen (secondary N) is 1. The number of nitro groups is 1. The summed E-state index contributed by atoms with van der Waals surface area (Å²) in [7, 11) is 1.27. The Morgan fingerprint density at radius 2 is 1.86 bits per heavy atom. The number of carbonyl (C=O) groups is 1. The molecule has 2 aromatic carbocycles. The van der Waals surface area contributed by atoms with Crippen molar-refractivity contribution in [2.24, 2.45) is 0 Å². The van der Waals surface area contributed by atoms with E-state index in [9.17, 15) is 28.1 Å². The normalized spacial score (nSPS) is 11.2. The van der Waals surface area contributed by atoms with Crippen LogP contribution in [0.3, 0.4) is 0 Å². The molecule has 150 valence electrons. The fourth-order valence-electron chi connectivity index (χ4n) is 2.59. The fourth-order valence-corrected chi connectivity index (χ4v) is 2.59. The van der Waals surface area contributed by atoms with Crippen molar-refractivity contribution in [1.29, 1.82) is 0 Å². The molecule has 0 saturated heterocycles. The highest BCUT2D eigenvalue weighted by atomic mass is 19.4. The van der Waals surface area contributed by atoms with Crippen LogP contribution in [0.5, 0.6) is 5.75 Å². The van der Waals surface area contributed by atoms with E-state index in [1.165, 1.54) is 43.5 Å². The zero-order valence-corrected chi connectivity index (χ0v) is 14.8. The van der Waals surface area contributed by atoms with Crippen molar-refractivity contribution in [3.63, 3.8) is 0 Å². The maximum atomic E-state index is 13.0. The van der Waals surface area contributed by atoms with Crippen LogP contribution in [0.25, 0.3) is 5.69 Å². The molecule has 3 rings (SSSR count). The molecule has 0 saturated carbocycles. The molecule has 29 heavy (non-hydrogen) atoms. The Kier molecular flexibility index (Phi) is 5.22. The monoisotopic (exact) mass is 406 g/mol. The third-order valence-corrected chi connectivity index (χ3v) is 3.94. The van der Waals surface area contributed by atoms with Crippen molar-refractivity contribution < 1.29 is 27.6 Å². The van der Waals surface area contributed by atoms with E-state index in [0.29, 0.717) is 0 Å². The average molecular weight is 406 g/mol. The summed E-state index contributed by atoms with van der Waals surface area (Å²) in [6, 6.07) is 10.1. The molecule has 1 amide bonds. The fraction of sp³-hybridized carbons (Fsp3) is 0.111. The number of hydrogen-bond acceptors (Lipinski definition) is 5. The standard InChI is InChI=1S/C18H13F3N4O4/c1-29-15-7-2-11(10-14(15)25(27)28)17(26)23-12-3-5-13(6-4-12)24-16(8-9-22-24)18(19,20)21/h2-10H,1H3,(H,23,26). The highest BCUT2D eigenvalue weighted by Crippen LogP contribution is 2.31. The first kappa shape index (κ1) is 19.9. The van der Waals surface area contributed by atoms with Crippen LogP contribution in [0.4, 0.5) is 24.5 Å². The van der Waals surface area contributed by atoms with Crippen LogP contribution in [0.2, 0.25) is 0 Å². The van der Waals surface area contributed by atoms with Gasteiger partial charge in [-0.3, -0.25) is 14.9 Å². The summed E-state index contributed by atoms with van der Waals surface area (Å²) in [4.78, 5) is 22.7. The molecule has 0 radical (unpaired) electrons. The number of alkyl halides is 3. The Bertz CT molecular complexity index is 1060. The second kappa shape index (κ2) is 7.62. The summed E-state index contributed by atoms with van der Waals surface area (Å²) < 4.78 is 44.5. The second-order valence-electron chi connectivity index (χ2n) is 5.77. The first-order valence-electron chi connectivity index (χ1n) is 8.06. The molecule has 1 heterocycles. The number of rotatable bonds is 5. The third kappa shape index (κ3) is 4.18. The van der Waals surface area contributed by atoms with Gasteiger partial charge in [0.05, 0.1) is 23.9 Å². The smallest absolute Gasteiger partial charge is 0.433 e. The molecule has 0 fully saturated rings. The van der Waals surface area contributed by atoms with Gasteiger partial charge in [0.2, 0.25) is 0 Å². The van der Waals surface area contributed by atoms with Gasteiger partial charge in [0.25, 0.3) is 5.91 Å². The minimum atomic E-state index is -4.56. The number of carbonyl (C=O) groups excluding carboxylic acids is 1. The maximum absolute atomic E-state index is 13.0. The molecule has 0 unspecified atom stereocenters. The molecule has 0 aliphatic rings. The Balaban J connectivity index is 1.80. The number of anilines is 1. The van der Waals surface area contributed by atoms with Crippen LogP contribution >= 0.6 is 0 Å². The van der Waals surface area contributed by atoms with Crippen LogP contribution in [0, 0.1) is 10.1 Å². The summed E-state index contributed by atoms with van der Waals surface area (Å²) in [6.45, 7) is 0. The number of methoxy groups -OCH3 is 1. The van der Waals surface area contributed by atoms with Gasteiger partial charge in [-0.15, -0.1) is 0 Å². The van der Waals surface area contributed by atoms with E-state index >= 15 is 0 Å². The Hall–Kier alpha value is -3.89. The molecule has 1 N–H and O–H groups in total. The Morgan fingerprint density at radius 1 is 1.17 bits per heavy atom. The van der Waals surface area contributed by atoms with Crippen molar-refractivity contribution >= 4 is 17.3 Å². The summed E-state index contributed by atoms with van der Waals surface area (Å²) in [6.07, 6.45) is -3.53. The number of aromatic nitrogens is 2. The van der Waals surface area contributed by atoms with Gasteiger partial charge in [0.15, 0.2) is 5.75 Å². The molecular formula is C18H13F3N4O4. The lowest BCUT2D eigenvalue weighted by Gasteiger charge is -2.11. The van der Waals surface area contributed by atoms with E-state index in [1.807, 2.05) is 0 Å². The van der Waals surface area contributed by atoms with Gasteiger partial charge in [-0.2, -0.15) is 18.3 Å². The Morgan fingerprint density at radius 3 is 2.45 bits per heavy atom. The molecule has 3 aromatic rings. The molecule has 8 nitrogen and oxygen atoms in total. The van der Waals surface area contributed by atoms with Crippen LogP contribution in [-0.2, 0) is 6.18 Å². The van der Waals surface area contributed by atoms with Crippen molar-refractivity contribution in [3.05, 3.63) is 76.1 Å². The van der Waals surface area contributed by atoms with E-state index in [4.69, 9.17) is 4.74 Å². The van der Waals surface area contributed by atoms with Crippen molar-refractivity contribution in [2.45, 2.75) is 6.18 Å². The van der Waals surface area contributed by atoms with Gasteiger partial charge in [-0.05, 0) is 42.5 Å². The minimum Gasteiger partial charge on any atom is -0.490 e. The van der Waals surface area contributed by atoms with Crippen molar-refractivity contribution in [1.82, 2.24) is 9.78 Å². The van der Waals surface area contributed by atoms with E-state index in [0.717, 1.165) is 23.0 Å². The maximum Gasteiger partial charge on any atom is 0.433 e. The first-order valence-corrected chi connectivity index (χ1v) is 8.06. The molecule has 0 aliphatic carbocycles. The van der Waals surface area contributed by atoms with Crippen LogP contribution < -0.4 is 10.1 Å². The van der Waals surface area contributed by atoms with Crippen molar-refractivity contribution in [3.8, 4) is 11.4 Å². The summed E-state index contributed by atoms with van der Waals surface area (Å²) >= 11 is 0. The largest absolute Gasteiger partial charge is 0.490 e. The van der Waals surface area contributed by atoms with Gasteiger partial charge >= 0.3 is 11.9 Å². The molecule has 0 aliphatic heterocycles. The number of nitrogens with zero attached hydrogens (tertiary/aromatic N) is 3. The number of amides is 1. The average Bonchev–Trinajstić information content (AvgIpc) is 3.18. The lowest BCUT2D eigenvalue weighted by molar-refractivity contribution is -0.385. The first-order chi connectivity index (χ1) is 13.7. The van der Waals surface area contributed by atoms with E-state index in [-0.39, 0.29) is 28.4 Å². The zero-order valence-electron chi connectivity index (χ0n) is 14.8. The molecule has 0 bridgehead atoms. The molecule has 11 heteroatoms. The number of hydrogen-bond donors (Lipinski definition) is 1. The minimum absolute atomic E-state index is 0.00981. The van der Waals surface area contributed by atoms with E-state index < -0.39 is 22.7 Å². The predicted molar refractivity (Wildman–Crippen MR) is 96.2 cm³/mol. The van der Waals surface area contributed by atoms with Gasteiger partial charge in [-0.1, -0.05) is 0 Å². The van der Waals surface area contributed by atoms with Crippen molar-refractivity contribution in [2.75, 3.05) is 12.4 Å². The zero-order chi connectivity index (χ0) is 21.2.